The van der Waals surface area contributed by atoms with E-state index in [9.17, 15) is 0 Å². The molecule has 2 N–H and O–H groups in total. The van der Waals surface area contributed by atoms with Crippen molar-refractivity contribution >= 4 is 28.4 Å². The van der Waals surface area contributed by atoms with Crippen LogP contribution < -0.4 is 10.2 Å². The molecule has 0 atom stereocenters. The number of nitrogens with zero attached hydrogens (tertiary/aromatic N) is 3. The number of nitrogens with one attached hydrogen (secondary N) is 2. The molecule has 0 aliphatic carbocycles. The van der Waals surface area contributed by atoms with Crippen LogP contribution in [0, 0.1) is 11.3 Å². The molecule has 0 spiro atoms. The Hall–Kier alpha value is -3.00. The number of piperidine rings is 1. The summed E-state index contributed by atoms with van der Waals surface area (Å²) in [7, 11) is 0. The molecule has 1 fully saturated rings. The predicted molar refractivity (Wildman–Crippen MR) is 96.6 cm³/mol. The average Bonchev–Trinajstić information content (AvgIpc) is 3.05. The second kappa shape index (κ2) is 6.25. The second-order valence-electron chi connectivity index (χ2n) is 6.12. The highest BCUT2D eigenvalue weighted by molar-refractivity contribution is 5.83. The van der Waals surface area contributed by atoms with Gasteiger partial charge < -0.3 is 15.2 Å². The lowest BCUT2D eigenvalue weighted by Gasteiger charge is -2.28. The third kappa shape index (κ3) is 2.79. The molecule has 1 aliphatic heterocycles. The third-order valence-corrected chi connectivity index (χ3v) is 4.48. The van der Waals surface area contributed by atoms with Crippen molar-refractivity contribution < 1.29 is 0 Å². The molecule has 2 heterocycles. The van der Waals surface area contributed by atoms with Crippen LogP contribution in [0.15, 0.2) is 42.5 Å². The first kappa shape index (κ1) is 14.6. The molecule has 1 aliphatic rings. The monoisotopic (exact) mass is 317 g/mol. The minimum absolute atomic E-state index is 0.581. The Labute approximate surface area is 140 Å². The molecule has 1 saturated heterocycles. The largest absolute Gasteiger partial charge is 0.372 e. The van der Waals surface area contributed by atoms with Gasteiger partial charge in [-0.3, -0.25) is 0 Å². The summed E-state index contributed by atoms with van der Waals surface area (Å²) in [4.78, 5) is 10.1. The van der Waals surface area contributed by atoms with Gasteiger partial charge in [0.2, 0.25) is 5.95 Å². The van der Waals surface area contributed by atoms with Crippen LogP contribution in [0.1, 0.15) is 24.8 Å². The Balaban J connectivity index is 1.54. The van der Waals surface area contributed by atoms with Crippen LogP contribution >= 0.6 is 0 Å². The van der Waals surface area contributed by atoms with E-state index in [4.69, 9.17) is 5.26 Å². The Morgan fingerprint density at radius 3 is 2.58 bits per heavy atom. The number of aromatic amines is 1. The maximum absolute atomic E-state index is 9.16. The van der Waals surface area contributed by atoms with E-state index in [2.05, 4.69) is 50.5 Å². The van der Waals surface area contributed by atoms with Gasteiger partial charge in [-0.2, -0.15) is 5.26 Å². The van der Waals surface area contributed by atoms with E-state index in [1.807, 2.05) is 12.1 Å². The summed E-state index contributed by atoms with van der Waals surface area (Å²) in [6.45, 7) is 2.29. The van der Waals surface area contributed by atoms with Crippen LogP contribution in [0.2, 0.25) is 0 Å². The van der Waals surface area contributed by atoms with Gasteiger partial charge in [0, 0.05) is 24.5 Å². The zero-order chi connectivity index (χ0) is 16.4. The SMILES string of the molecule is N#Cc1cccc2[nH]c(Nc3ccc(N4CCCCC4)cc3)nc12. The van der Waals surface area contributed by atoms with Crippen LogP contribution in [0.5, 0.6) is 0 Å². The van der Waals surface area contributed by atoms with Crippen molar-refractivity contribution in [1.82, 2.24) is 9.97 Å². The van der Waals surface area contributed by atoms with Gasteiger partial charge in [-0.25, -0.2) is 4.98 Å². The van der Waals surface area contributed by atoms with E-state index in [-0.39, 0.29) is 0 Å². The second-order valence-corrected chi connectivity index (χ2v) is 6.12. The third-order valence-electron chi connectivity index (χ3n) is 4.48. The van der Waals surface area contributed by atoms with E-state index in [0.29, 0.717) is 17.0 Å². The first-order valence-corrected chi connectivity index (χ1v) is 8.34. The molecule has 0 radical (unpaired) electrons. The van der Waals surface area contributed by atoms with Gasteiger partial charge in [0.05, 0.1) is 11.1 Å². The highest BCUT2D eigenvalue weighted by Gasteiger charge is 2.11. The topological polar surface area (TPSA) is 67.7 Å². The number of rotatable bonds is 3. The fraction of sp³-hybridized carbons (Fsp3) is 0.263. The van der Waals surface area contributed by atoms with Gasteiger partial charge in [0.15, 0.2) is 0 Å². The maximum atomic E-state index is 9.16. The number of imidazole rings is 1. The molecule has 3 aromatic rings. The summed E-state index contributed by atoms with van der Waals surface area (Å²) in [5, 5.41) is 12.4. The summed E-state index contributed by atoms with van der Waals surface area (Å²) in [6, 6.07) is 16.2. The van der Waals surface area contributed by atoms with Gasteiger partial charge in [-0.15, -0.1) is 0 Å². The molecule has 24 heavy (non-hydrogen) atoms. The van der Waals surface area contributed by atoms with Gasteiger partial charge in [0.1, 0.15) is 11.6 Å². The highest BCUT2D eigenvalue weighted by atomic mass is 15.1. The number of fused-ring (bicyclic) bond motifs is 1. The van der Waals surface area contributed by atoms with Crippen molar-refractivity contribution in [3.05, 3.63) is 48.0 Å². The minimum Gasteiger partial charge on any atom is -0.372 e. The van der Waals surface area contributed by atoms with Crippen molar-refractivity contribution in [3.8, 4) is 6.07 Å². The summed E-state index contributed by atoms with van der Waals surface area (Å²) in [5.74, 6) is 0.651. The van der Waals surface area contributed by atoms with Gasteiger partial charge in [-0.1, -0.05) is 6.07 Å². The van der Waals surface area contributed by atoms with Crippen LogP contribution in [0.25, 0.3) is 11.0 Å². The van der Waals surface area contributed by atoms with E-state index >= 15 is 0 Å². The number of hydrogen-bond acceptors (Lipinski definition) is 4. The molecule has 0 amide bonds. The van der Waals surface area contributed by atoms with E-state index in [1.165, 1.54) is 24.9 Å². The number of benzene rings is 2. The first-order valence-electron chi connectivity index (χ1n) is 8.34. The summed E-state index contributed by atoms with van der Waals surface area (Å²) in [5.41, 5.74) is 4.40. The van der Waals surface area contributed by atoms with Crippen LogP contribution in [0.3, 0.4) is 0 Å². The van der Waals surface area contributed by atoms with Gasteiger partial charge in [0.25, 0.3) is 0 Å². The van der Waals surface area contributed by atoms with Gasteiger partial charge >= 0.3 is 0 Å². The number of nitriles is 1. The van der Waals surface area contributed by atoms with Crippen LogP contribution in [-0.4, -0.2) is 23.1 Å². The summed E-state index contributed by atoms with van der Waals surface area (Å²) < 4.78 is 0. The average molecular weight is 317 g/mol. The zero-order valence-corrected chi connectivity index (χ0v) is 13.4. The Bertz CT molecular complexity index is 882. The number of hydrogen-bond donors (Lipinski definition) is 2. The van der Waals surface area contributed by atoms with E-state index in [0.717, 1.165) is 24.3 Å². The molecular weight excluding hydrogens is 298 g/mol. The molecule has 1 aromatic heterocycles. The van der Waals surface area contributed by atoms with Crippen LogP contribution in [0.4, 0.5) is 17.3 Å². The molecule has 0 unspecified atom stereocenters. The van der Waals surface area contributed by atoms with Crippen molar-refractivity contribution in [1.29, 1.82) is 5.26 Å². The fourth-order valence-corrected chi connectivity index (χ4v) is 3.23. The smallest absolute Gasteiger partial charge is 0.205 e. The standard InChI is InChI=1S/C19H19N5/c20-13-14-5-4-6-17-18(14)23-19(22-17)21-15-7-9-16(10-8-15)24-11-2-1-3-12-24/h4-10H,1-3,11-12H2,(H2,21,22,23). The van der Waals surface area contributed by atoms with Crippen molar-refractivity contribution in [2.45, 2.75) is 19.3 Å². The predicted octanol–water partition coefficient (Wildman–Crippen LogP) is 4.17. The molecule has 0 bridgehead atoms. The molecule has 4 rings (SSSR count). The number of para-hydroxylation sites is 1. The van der Waals surface area contributed by atoms with Crippen molar-refractivity contribution in [2.75, 3.05) is 23.3 Å². The molecule has 5 nitrogen and oxygen atoms in total. The first-order chi connectivity index (χ1) is 11.8. The molecule has 5 heteroatoms. The number of aromatic nitrogens is 2. The maximum Gasteiger partial charge on any atom is 0.205 e. The quantitative estimate of drug-likeness (QED) is 0.761. The number of H-pyrrole nitrogens is 1. The summed E-state index contributed by atoms with van der Waals surface area (Å²) in [6.07, 6.45) is 3.90. The minimum atomic E-state index is 0.581. The Morgan fingerprint density at radius 2 is 1.83 bits per heavy atom. The molecule has 0 saturated carbocycles. The fourth-order valence-electron chi connectivity index (χ4n) is 3.23. The van der Waals surface area contributed by atoms with Crippen LogP contribution in [-0.2, 0) is 0 Å². The van der Waals surface area contributed by atoms with Crippen molar-refractivity contribution in [2.24, 2.45) is 0 Å². The van der Waals surface area contributed by atoms with E-state index in [1.54, 1.807) is 6.07 Å². The lowest BCUT2D eigenvalue weighted by Crippen LogP contribution is -2.29. The summed E-state index contributed by atoms with van der Waals surface area (Å²) >= 11 is 0. The highest BCUT2D eigenvalue weighted by Crippen LogP contribution is 2.24. The normalized spacial score (nSPS) is 14.5. The van der Waals surface area contributed by atoms with Gasteiger partial charge in [-0.05, 0) is 55.7 Å². The van der Waals surface area contributed by atoms with E-state index < -0.39 is 0 Å². The molecule has 120 valence electrons. The molecular formula is C19H19N5. The number of anilines is 3. The lowest BCUT2D eigenvalue weighted by molar-refractivity contribution is 0.578. The zero-order valence-electron chi connectivity index (χ0n) is 13.4. The molecule has 2 aromatic carbocycles. The Kier molecular flexibility index (Phi) is 3.80. The van der Waals surface area contributed by atoms with Crippen molar-refractivity contribution in [3.63, 3.8) is 0 Å². The lowest BCUT2D eigenvalue weighted by atomic mass is 10.1. The Morgan fingerprint density at radius 1 is 1.04 bits per heavy atom.